The van der Waals surface area contributed by atoms with Gasteiger partial charge in [0.1, 0.15) is 31.5 Å². The highest BCUT2D eigenvalue weighted by atomic mass is 32.2. The Morgan fingerprint density at radius 1 is 0.470 bits per heavy atom. The second-order valence-electron chi connectivity index (χ2n) is 14.5. The fourth-order valence-corrected chi connectivity index (χ4v) is 7.24. The summed E-state index contributed by atoms with van der Waals surface area (Å²) in [6.07, 6.45) is -16.0. The highest BCUT2D eigenvalue weighted by molar-refractivity contribution is 7.86. The van der Waals surface area contributed by atoms with Crippen LogP contribution in [0.4, 0.5) is 0 Å². The van der Waals surface area contributed by atoms with Gasteiger partial charge in [0.25, 0.3) is 10.1 Å². The smallest absolute Gasteiger partial charge is 0.303 e. The molecular weight excluding hydrogens is 908 g/mol. The molecule has 1 aromatic rings. The Bertz CT molecular complexity index is 1870. The van der Waals surface area contributed by atoms with E-state index in [0.717, 1.165) is 54.0 Å². The van der Waals surface area contributed by atoms with Crippen LogP contribution in [0.3, 0.4) is 0 Å². The second kappa shape index (κ2) is 27.7. The topological polar surface area (TPSA) is 292 Å². The number of aryl methyl sites for hydroxylation is 1. The van der Waals surface area contributed by atoms with Gasteiger partial charge in [0.2, 0.25) is 0 Å². The first-order valence-corrected chi connectivity index (χ1v) is 22.0. The molecule has 0 bridgehead atoms. The van der Waals surface area contributed by atoms with Crippen LogP contribution in [0.5, 0.6) is 0 Å². The monoisotopic (exact) mass is 966 g/mol. The Labute approximate surface area is 381 Å². The van der Waals surface area contributed by atoms with Crippen LogP contribution in [0.15, 0.2) is 29.2 Å². The summed E-state index contributed by atoms with van der Waals surface area (Å²) in [7, 11) is -3.91. The minimum absolute atomic E-state index is 0.00265. The summed E-state index contributed by atoms with van der Waals surface area (Å²) in [6.45, 7) is 8.10. The Morgan fingerprint density at radius 3 is 1.32 bits per heavy atom. The quantitative estimate of drug-likeness (QED) is 0.0525. The molecule has 3 rings (SSSR count). The van der Waals surface area contributed by atoms with Crippen LogP contribution in [0.1, 0.15) is 54.0 Å². The van der Waals surface area contributed by atoms with Gasteiger partial charge < -0.3 is 66.3 Å². The lowest BCUT2D eigenvalue weighted by Gasteiger charge is -2.48. The average Bonchev–Trinajstić information content (AvgIpc) is 3.21. The predicted molar refractivity (Wildman–Crippen MR) is 216 cm³/mol. The number of benzene rings is 1. The van der Waals surface area contributed by atoms with E-state index in [-0.39, 0.29) is 57.8 Å². The van der Waals surface area contributed by atoms with Gasteiger partial charge in [-0.3, -0.25) is 37.7 Å². The van der Waals surface area contributed by atoms with Crippen molar-refractivity contribution in [3.05, 3.63) is 29.8 Å². The molecule has 0 amide bonds. The maximum Gasteiger partial charge on any atom is 0.303 e. The van der Waals surface area contributed by atoms with Gasteiger partial charge in [-0.15, -0.1) is 0 Å². The molecule has 0 saturated carbocycles. The van der Waals surface area contributed by atoms with Crippen LogP contribution < -0.4 is 0 Å². The summed E-state index contributed by atoms with van der Waals surface area (Å²) in [6, 6.07) is 6.23. The SMILES string of the molecule is CC(=O)OCC1O[C@@H](OCCOCCOCCOCCOS(=O)(=O)c2ccc(C)cc2)[C@@H](OC(C)=O)C(OC(C)=O)[C@@H]1O[C@@H]1OC(COC(C)=O)[C@H](OC(C)=O)C(OC(C)=O)[C@@H]1OC(C)=O. The lowest BCUT2D eigenvalue weighted by atomic mass is 9.96. The van der Waals surface area contributed by atoms with Crippen LogP contribution in [0.2, 0.25) is 0 Å². The molecule has 2 aliphatic rings. The molecule has 2 fully saturated rings. The molecule has 0 radical (unpaired) electrons. The van der Waals surface area contributed by atoms with Gasteiger partial charge in [0.15, 0.2) is 43.1 Å². The van der Waals surface area contributed by atoms with E-state index >= 15 is 0 Å². The summed E-state index contributed by atoms with van der Waals surface area (Å²) in [5.41, 5.74) is 0.907. The Kier molecular flexibility index (Phi) is 23.3. The fraction of sp³-hybridized carbons (Fsp3) is 0.683. The third-order valence-corrected chi connectivity index (χ3v) is 10.2. The van der Waals surface area contributed by atoms with E-state index in [9.17, 15) is 42.0 Å². The molecular formula is C41H58O24S. The Hall–Kier alpha value is -4.86. The fourth-order valence-electron chi connectivity index (χ4n) is 6.35. The zero-order valence-corrected chi connectivity index (χ0v) is 38.7. The molecule has 24 nitrogen and oxygen atoms in total. The van der Waals surface area contributed by atoms with E-state index < -0.39 is 127 Å². The lowest BCUT2D eigenvalue weighted by molar-refractivity contribution is -0.361. The van der Waals surface area contributed by atoms with Crippen molar-refractivity contribution in [2.75, 3.05) is 66.1 Å². The van der Waals surface area contributed by atoms with E-state index in [1.807, 2.05) is 6.92 Å². The normalized spacial score (nSPS) is 25.2. The number of hydrogen-bond donors (Lipinski definition) is 0. The average molecular weight is 967 g/mol. The third-order valence-electron chi connectivity index (χ3n) is 8.92. The Morgan fingerprint density at radius 2 is 0.848 bits per heavy atom. The molecule has 2 heterocycles. The van der Waals surface area contributed by atoms with Crippen LogP contribution in [-0.4, -0.2) is 178 Å². The van der Waals surface area contributed by atoms with Gasteiger partial charge in [-0.25, -0.2) is 0 Å². The van der Waals surface area contributed by atoms with Crippen molar-refractivity contribution in [2.24, 2.45) is 0 Å². The molecule has 372 valence electrons. The van der Waals surface area contributed by atoms with Gasteiger partial charge in [-0.05, 0) is 19.1 Å². The van der Waals surface area contributed by atoms with Gasteiger partial charge in [0.05, 0.1) is 57.8 Å². The number of ether oxygens (including phenoxy) is 14. The van der Waals surface area contributed by atoms with Gasteiger partial charge in [-0.1, -0.05) is 17.7 Å². The first-order chi connectivity index (χ1) is 31.2. The molecule has 2 aliphatic heterocycles. The molecule has 0 aromatic heterocycles. The molecule has 0 spiro atoms. The minimum atomic E-state index is -3.91. The summed E-state index contributed by atoms with van der Waals surface area (Å²) in [5, 5.41) is 0. The van der Waals surface area contributed by atoms with E-state index in [0.29, 0.717) is 0 Å². The minimum Gasteiger partial charge on any atom is -0.463 e. The van der Waals surface area contributed by atoms with Gasteiger partial charge >= 0.3 is 41.8 Å². The maximum atomic E-state index is 12.6. The first-order valence-electron chi connectivity index (χ1n) is 20.6. The molecule has 1 aromatic carbocycles. The second-order valence-corrected chi connectivity index (χ2v) is 16.1. The molecule has 0 aliphatic carbocycles. The first kappa shape index (κ1) is 55.5. The molecule has 2 saturated heterocycles. The largest absolute Gasteiger partial charge is 0.463 e. The van der Waals surface area contributed by atoms with Crippen molar-refractivity contribution in [2.45, 2.75) is 122 Å². The van der Waals surface area contributed by atoms with Crippen molar-refractivity contribution < 1.29 is 112 Å². The lowest BCUT2D eigenvalue weighted by Crippen LogP contribution is -2.67. The molecule has 66 heavy (non-hydrogen) atoms. The van der Waals surface area contributed by atoms with E-state index in [1.165, 1.54) is 12.1 Å². The predicted octanol–water partition coefficient (Wildman–Crippen LogP) is 0.386. The number of carbonyl (C=O) groups excluding carboxylic acids is 7. The highest BCUT2D eigenvalue weighted by Gasteiger charge is 2.57. The molecule has 4 unspecified atom stereocenters. The number of esters is 7. The molecule has 0 N–H and O–H groups in total. The van der Waals surface area contributed by atoms with Crippen molar-refractivity contribution >= 4 is 51.9 Å². The molecule has 25 heteroatoms. The Balaban J connectivity index is 1.71. The summed E-state index contributed by atoms with van der Waals surface area (Å²) in [5.74, 6) is -6.07. The van der Waals surface area contributed by atoms with Crippen molar-refractivity contribution in [1.82, 2.24) is 0 Å². The standard InChI is InChI=1S/C41H58O24S/c1-23-9-11-31(12-10-23)66(49,50)57-20-18-53-16-14-51-13-15-52-17-19-54-40-38(61-29(7)47)37(60-28(6)46)35(33(63-40)22-56-25(3)43)65-41-39(62-30(8)48)36(59-27(5)45)34(58-26(4)44)32(64-41)21-55-24(2)42/h9-12,32-41H,13-22H2,1-8H3/t32?,33?,34-,35+,36?,37?,38-,39-,40+,41-/m0/s1. The number of carbonyl (C=O) groups is 7. The summed E-state index contributed by atoms with van der Waals surface area (Å²) in [4.78, 5) is 86.2. The van der Waals surface area contributed by atoms with Crippen LogP contribution >= 0.6 is 0 Å². The zero-order valence-electron chi connectivity index (χ0n) is 37.9. The van der Waals surface area contributed by atoms with Crippen molar-refractivity contribution in [3.63, 3.8) is 0 Å². The van der Waals surface area contributed by atoms with Gasteiger partial charge in [0, 0.05) is 48.5 Å². The van der Waals surface area contributed by atoms with Crippen molar-refractivity contribution in [3.8, 4) is 0 Å². The summed E-state index contributed by atoms with van der Waals surface area (Å²) >= 11 is 0. The van der Waals surface area contributed by atoms with Gasteiger partial charge in [-0.2, -0.15) is 8.42 Å². The van der Waals surface area contributed by atoms with E-state index in [2.05, 4.69) is 0 Å². The zero-order chi connectivity index (χ0) is 49.0. The molecule has 10 atom stereocenters. The summed E-state index contributed by atoms with van der Waals surface area (Å²) < 4.78 is 108. The van der Waals surface area contributed by atoms with Crippen LogP contribution in [0, 0.1) is 6.92 Å². The van der Waals surface area contributed by atoms with Crippen LogP contribution in [-0.2, 0) is 114 Å². The van der Waals surface area contributed by atoms with E-state index in [4.69, 9.17) is 70.5 Å². The van der Waals surface area contributed by atoms with E-state index in [1.54, 1.807) is 12.1 Å². The number of rotatable bonds is 26. The van der Waals surface area contributed by atoms with Crippen molar-refractivity contribution in [1.29, 1.82) is 0 Å². The van der Waals surface area contributed by atoms with Crippen LogP contribution in [0.25, 0.3) is 0 Å². The third kappa shape index (κ3) is 19.2. The number of hydrogen-bond acceptors (Lipinski definition) is 24. The highest BCUT2D eigenvalue weighted by Crippen LogP contribution is 2.35. The maximum absolute atomic E-state index is 12.6.